The van der Waals surface area contributed by atoms with Crippen molar-refractivity contribution in [3.63, 3.8) is 0 Å². The van der Waals surface area contributed by atoms with Gasteiger partial charge in [0.2, 0.25) is 0 Å². The number of hydrogen-bond donors (Lipinski definition) is 2. The molecule has 0 fully saturated rings. The van der Waals surface area contributed by atoms with Crippen molar-refractivity contribution in [3.05, 3.63) is 58.6 Å². The van der Waals surface area contributed by atoms with Crippen LogP contribution in [0.15, 0.2) is 57.9 Å². The van der Waals surface area contributed by atoms with Crippen LogP contribution >= 0.6 is 15.9 Å². The third-order valence-electron chi connectivity index (χ3n) is 3.66. The van der Waals surface area contributed by atoms with E-state index >= 15 is 0 Å². The Kier molecular flexibility index (Phi) is 8.18. The predicted octanol–water partition coefficient (Wildman–Crippen LogP) is 2.56. The molecule has 8 nitrogen and oxygen atoms in total. The number of sulfonamides is 1. The van der Waals surface area contributed by atoms with Crippen LogP contribution in [0.25, 0.3) is 0 Å². The molecule has 29 heavy (non-hydrogen) atoms. The lowest BCUT2D eigenvalue weighted by atomic mass is 10.2. The summed E-state index contributed by atoms with van der Waals surface area (Å²) in [6, 6.07) is 11.7. The predicted molar refractivity (Wildman–Crippen MR) is 111 cm³/mol. The summed E-state index contributed by atoms with van der Waals surface area (Å²) in [7, 11) is -2.23. The van der Waals surface area contributed by atoms with E-state index in [1.54, 1.807) is 19.1 Å². The van der Waals surface area contributed by atoms with Gasteiger partial charge in [0.1, 0.15) is 0 Å². The number of carbonyl (C=O) groups excluding carboxylic acids is 2. The Labute approximate surface area is 177 Å². The monoisotopic (exact) mass is 484 g/mol. The molecule has 0 saturated heterocycles. The van der Waals surface area contributed by atoms with Crippen LogP contribution in [-0.2, 0) is 24.3 Å². The van der Waals surface area contributed by atoms with Crippen LogP contribution < -0.4 is 10.0 Å². The summed E-state index contributed by atoms with van der Waals surface area (Å²) in [6.07, 6.45) is 0. The molecule has 0 radical (unpaired) electrons. The number of amides is 1. The molecule has 156 valence electrons. The van der Waals surface area contributed by atoms with Crippen LogP contribution in [0.5, 0.6) is 0 Å². The first-order valence-corrected chi connectivity index (χ1v) is 10.8. The maximum Gasteiger partial charge on any atom is 0.338 e. The number of benzene rings is 2. The molecule has 0 heterocycles. The molecule has 0 saturated carbocycles. The molecule has 0 spiro atoms. The van der Waals surface area contributed by atoms with Gasteiger partial charge in [-0.1, -0.05) is 15.9 Å². The molecule has 1 amide bonds. The Morgan fingerprint density at radius 3 is 2.28 bits per heavy atom. The van der Waals surface area contributed by atoms with E-state index in [4.69, 9.17) is 9.47 Å². The fourth-order valence-electron chi connectivity index (χ4n) is 2.32. The minimum absolute atomic E-state index is 0.109. The van der Waals surface area contributed by atoms with Crippen LogP contribution in [0.2, 0.25) is 0 Å². The van der Waals surface area contributed by atoms with Gasteiger partial charge in [-0.25, -0.2) is 13.2 Å². The summed E-state index contributed by atoms with van der Waals surface area (Å²) in [5, 5.41) is 2.62. The third-order valence-corrected chi connectivity index (χ3v) is 5.58. The van der Waals surface area contributed by atoms with Gasteiger partial charge in [0, 0.05) is 23.3 Å². The van der Waals surface area contributed by atoms with Crippen molar-refractivity contribution in [1.82, 2.24) is 5.32 Å². The Morgan fingerprint density at radius 2 is 1.69 bits per heavy atom. The lowest BCUT2D eigenvalue weighted by molar-refractivity contribution is -0.125. The lowest BCUT2D eigenvalue weighted by Crippen LogP contribution is -2.38. The smallest absolute Gasteiger partial charge is 0.338 e. The highest BCUT2D eigenvalue weighted by atomic mass is 79.9. The number of carbonyl (C=O) groups is 2. The SMILES string of the molecule is COCC(C)NC(=O)COC(=O)c1ccc(NS(=O)(=O)c2ccc(Br)cc2)cc1. The van der Waals surface area contributed by atoms with E-state index in [0.29, 0.717) is 6.61 Å². The Balaban J connectivity index is 1.93. The molecule has 2 N–H and O–H groups in total. The molecule has 2 rings (SSSR count). The first-order chi connectivity index (χ1) is 13.7. The number of hydrogen-bond acceptors (Lipinski definition) is 6. The first kappa shape index (κ1) is 22.9. The fourth-order valence-corrected chi connectivity index (χ4v) is 3.65. The molecule has 2 aromatic rings. The number of esters is 1. The zero-order chi connectivity index (χ0) is 21.4. The molecular weight excluding hydrogens is 464 g/mol. The highest BCUT2D eigenvalue weighted by Crippen LogP contribution is 2.19. The van der Waals surface area contributed by atoms with Gasteiger partial charge >= 0.3 is 5.97 Å². The average molecular weight is 485 g/mol. The number of halogens is 1. The standard InChI is InChI=1S/C19H21BrN2O6S/c1-13(11-27-2)21-18(23)12-28-19(24)14-3-7-16(8-4-14)22-29(25,26)17-9-5-15(20)6-10-17/h3-10,13,22H,11-12H2,1-2H3,(H,21,23). The van der Waals surface area contributed by atoms with E-state index in [1.807, 2.05) is 0 Å². The van der Waals surface area contributed by atoms with Crippen LogP contribution in [0.3, 0.4) is 0 Å². The summed E-state index contributed by atoms with van der Waals surface area (Å²) in [6.45, 7) is 1.68. The minimum atomic E-state index is -3.75. The van der Waals surface area contributed by atoms with E-state index in [2.05, 4.69) is 26.0 Å². The van der Waals surface area contributed by atoms with Gasteiger partial charge in [-0.15, -0.1) is 0 Å². The molecule has 0 aromatic heterocycles. The molecule has 1 unspecified atom stereocenters. The van der Waals surface area contributed by atoms with Crippen molar-refractivity contribution >= 4 is 43.5 Å². The molecule has 0 aliphatic heterocycles. The van der Waals surface area contributed by atoms with Crippen LogP contribution in [0, 0.1) is 0 Å². The highest BCUT2D eigenvalue weighted by molar-refractivity contribution is 9.10. The summed E-state index contributed by atoms with van der Waals surface area (Å²) in [4.78, 5) is 23.9. The first-order valence-electron chi connectivity index (χ1n) is 8.55. The normalized spacial score (nSPS) is 12.1. The topological polar surface area (TPSA) is 111 Å². The summed E-state index contributed by atoms with van der Waals surface area (Å²) < 4.78 is 37.8. The van der Waals surface area contributed by atoms with Crippen molar-refractivity contribution in [1.29, 1.82) is 0 Å². The average Bonchev–Trinajstić information content (AvgIpc) is 2.67. The van der Waals surface area contributed by atoms with Gasteiger partial charge in [-0.3, -0.25) is 9.52 Å². The molecule has 2 aromatic carbocycles. The second-order valence-corrected chi connectivity index (χ2v) is 8.73. The third kappa shape index (κ3) is 7.15. The number of rotatable bonds is 9. The molecule has 0 aliphatic rings. The van der Waals surface area contributed by atoms with Crippen molar-refractivity contribution in [3.8, 4) is 0 Å². The lowest BCUT2D eigenvalue weighted by Gasteiger charge is -2.13. The number of anilines is 1. The van der Waals surface area contributed by atoms with Gasteiger partial charge in [-0.05, 0) is 55.5 Å². The zero-order valence-corrected chi connectivity index (χ0v) is 18.2. The maximum atomic E-state index is 12.4. The van der Waals surface area contributed by atoms with Crippen LogP contribution in [0.1, 0.15) is 17.3 Å². The van der Waals surface area contributed by atoms with Crippen LogP contribution in [-0.4, -0.2) is 46.7 Å². The molecule has 0 bridgehead atoms. The van der Waals surface area contributed by atoms with Crippen LogP contribution in [0.4, 0.5) is 5.69 Å². The van der Waals surface area contributed by atoms with E-state index in [-0.39, 0.29) is 22.2 Å². The molecule has 10 heteroatoms. The Bertz CT molecular complexity index is 946. The van der Waals surface area contributed by atoms with Gasteiger partial charge in [0.15, 0.2) is 6.61 Å². The number of methoxy groups -OCH3 is 1. The van der Waals surface area contributed by atoms with Crippen molar-refractivity contribution in [2.75, 3.05) is 25.0 Å². The summed E-state index contributed by atoms with van der Waals surface area (Å²) in [5.74, 6) is -1.14. The largest absolute Gasteiger partial charge is 0.452 e. The van der Waals surface area contributed by atoms with Crippen molar-refractivity contribution in [2.45, 2.75) is 17.9 Å². The Morgan fingerprint density at radius 1 is 1.07 bits per heavy atom. The van der Waals surface area contributed by atoms with Crippen molar-refractivity contribution in [2.24, 2.45) is 0 Å². The van der Waals surface area contributed by atoms with Gasteiger partial charge in [-0.2, -0.15) is 0 Å². The minimum Gasteiger partial charge on any atom is -0.452 e. The molecule has 0 aliphatic carbocycles. The van der Waals surface area contributed by atoms with Crippen molar-refractivity contribution < 1.29 is 27.5 Å². The Hall–Kier alpha value is -2.43. The maximum absolute atomic E-state index is 12.4. The highest BCUT2D eigenvalue weighted by Gasteiger charge is 2.15. The van der Waals surface area contributed by atoms with E-state index in [0.717, 1.165) is 4.47 Å². The fraction of sp³-hybridized carbons (Fsp3) is 0.263. The van der Waals surface area contributed by atoms with Gasteiger partial charge < -0.3 is 14.8 Å². The van der Waals surface area contributed by atoms with E-state index in [9.17, 15) is 18.0 Å². The second-order valence-electron chi connectivity index (χ2n) is 6.14. The summed E-state index contributed by atoms with van der Waals surface area (Å²) >= 11 is 3.25. The van der Waals surface area contributed by atoms with Gasteiger partial charge in [0.05, 0.1) is 17.1 Å². The quantitative estimate of drug-likeness (QED) is 0.529. The van der Waals surface area contributed by atoms with Gasteiger partial charge in [0.25, 0.3) is 15.9 Å². The van der Waals surface area contributed by atoms with E-state index in [1.165, 1.54) is 43.5 Å². The number of ether oxygens (including phenoxy) is 2. The summed E-state index contributed by atoms with van der Waals surface area (Å²) in [5.41, 5.74) is 0.477. The molecular formula is C19H21BrN2O6S. The van der Waals surface area contributed by atoms with E-state index < -0.39 is 28.5 Å². The molecule has 1 atom stereocenters. The number of nitrogens with one attached hydrogen (secondary N) is 2. The second kappa shape index (κ2) is 10.4. The zero-order valence-electron chi connectivity index (χ0n) is 15.8.